The highest BCUT2D eigenvalue weighted by atomic mass is 16.5. The van der Waals surface area contributed by atoms with Crippen LogP contribution >= 0.6 is 0 Å². The highest BCUT2D eigenvalue weighted by Crippen LogP contribution is 2.06. The third-order valence-corrected chi connectivity index (χ3v) is 2.47. The number of carbonyl (C=O) groups excluding carboxylic acids is 1. The number of ether oxygens (including phenoxy) is 1. The molecule has 1 aromatic carbocycles. The summed E-state index contributed by atoms with van der Waals surface area (Å²) < 4.78 is 5.00. The second-order valence-corrected chi connectivity index (χ2v) is 4.02. The zero-order valence-electron chi connectivity index (χ0n) is 10.3. The highest BCUT2D eigenvalue weighted by Gasteiger charge is 2.08. The van der Waals surface area contributed by atoms with Crippen molar-refractivity contribution in [2.24, 2.45) is 0 Å². The number of hydrogen-bond acceptors (Lipinski definition) is 3. The van der Waals surface area contributed by atoms with E-state index in [1.807, 2.05) is 19.1 Å². The quantitative estimate of drug-likeness (QED) is 0.784. The average Bonchev–Trinajstić information content (AvgIpc) is 2.30. The number of carbonyl (C=O) groups is 1. The van der Waals surface area contributed by atoms with Crippen LogP contribution in [0.2, 0.25) is 0 Å². The van der Waals surface area contributed by atoms with Crippen LogP contribution in [0.25, 0.3) is 0 Å². The van der Waals surface area contributed by atoms with E-state index in [2.05, 4.69) is 5.32 Å². The first-order valence-electron chi connectivity index (χ1n) is 5.67. The van der Waals surface area contributed by atoms with Gasteiger partial charge < -0.3 is 15.2 Å². The predicted octanol–water partition coefficient (Wildman–Crippen LogP) is 1.33. The van der Waals surface area contributed by atoms with Crippen molar-refractivity contribution in [3.63, 3.8) is 0 Å². The number of rotatable bonds is 6. The molecule has 0 heterocycles. The number of aliphatic hydroxyl groups excluding tert-OH is 1. The molecule has 1 unspecified atom stereocenters. The Kier molecular flexibility index (Phi) is 5.66. The lowest BCUT2D eigenvalue weighted by Crippen LogP contribution is -2.33. The largest absolute Gasteiger partial charge is 0.396 e. The Balaban J connectivity index is 2.57. The molecule has 0 aliphatic heterocycles. The molecule has 0 saturated heterocycles. The predicted molar refractivity (Wildman–Crippen MR) is 65.8 cm³/mol. The van der Waals surface area contributed by atoms with Gasteiger partial charge in [-0.1, -0.05) is 12.1 Å². The van der Waals surface area contributed by atoms with Crippen molar-refractivity contribution in [3.05, 3.63) is 35.4 Å². The number of aliphatic hydroxyl groups is 1. The van der Waals surface area contributed by atoms with Crippen molar-refractivity contribution in [1.82, 2.24) is 5.32 Å². The lowest BCUT2D eigenvalue weighted by Gasteiger charge is -2.12. The summed E-state index contributed by atoms with van der Waals surface area (Å²) in [6.45, 7) is 2.49. The molecule has 94 valence electrons. The molecule has 4 nitrogen and oxygen atoms in total. The summed E-state index contributed by atoms with van der Waals surface area (Å²) in [6.07, 6.45) is 0.563. The fourth-order valence-electron chi connectivity index (χ4n) is 1.49. The van der Waals surface area contributed by atoms with Crippen molar-refractivity contribution < 1.29 is 14.6 Å². The summed E-state index contributed by atoms with van der Waals surface area (Å²) in [5, 5.41) is 11.6. The van der Waals surface area contributed by atoms with E-state index in [-0.39, 0.29) is 18.6 Å². The Morgan fingerprint density at radius 3 is 2.59 bits per heavy atom. The molecule has 0 aliphatic rings. The second-order valence-electron chi connectivity index (χ2n) is 4.02. The molecule has 17 heavy (non-hydrogen) atoms. The van der Waals surface area contributed by atoms with Crippen molar-refractivity contribution in [3.8, 4) is 0 Å². The first-order valence-corrected chi connectivity index (χ1v) is 5.67. The Hall–Kier alpha value is -1.39. The normalized spacial score (nSPS) is 12.2. The monoisotopic (exact) mass is 237 g/mol. The van der Waals surface area contributed by atoms with Crippen LogP contribution in [0.3, 0.4) is 0 Å². The second kappa shape index (κ2) is 7.04. The molecule has 1 atom stereocenters. The fourth-order valence-corrected chi connectivity index (χ4v) is 1.49. The van der Waals surface area contributed by atoms with Crippen LogP contribution in [-0.4, -0.2) is 30.8 Å². The Bertz CT molecular complexity index is 348. The SMILES string of the molecule is COCc1ccc(C(=O)NC(C)CCO)cc1. The van der Waals surface area contributed by atoms with Gasteiger partial charge in [0.25, 0.3) is 5.91 Å². The number of nitrogens with one attached hydrogen (secondary N) is 1. The third-order valence-electron chi connectivity index (χ3n) is 2.47. The minimum absolute atomic E-state index is 0.0221. The smallest absolute Gasteiger partial charge is 0.251 e. The van der Waals surface area contributed by atoms with Crippen LogP contribution < -0.4 is 5.32 Å². The third kappa shape index (κ3) is 4.54. The summed E-state index contributed by atoms with van der Waals surface area (Å²) in [4.78, 5) is 11.8. The van der Waals surface area contributed by atoms with Crippen LogP contribution in [0.1, 0.15) is 29.3 Å². The van der Waals surface area contributed by atoms with Crippen LogP contribution in [0.4, 0.5) is 0 Å². The van der Waals surface area contributed by atoms with Gasteiger partial charge in [0.05, 0.1) is 6.61 Å². The molecule has 0 fully saturated rings. The molecule has 0 spiro atoms. The van der Waals surface area contributed by atoms with Crippen molar-refractivity contribution >= 4 is 5.91 Å². The van der Waals surface area contributed by atoms with E-state index in [0.29, 0.717) is 18.6 Å². The fraction of sp³-hybridized carbons (Fsp3) is 0.462. The van der Waals surface area contributed by atoms with E-state index in [9.17, 15) is 4.79 Å². The Labute approximate surface area is 102 Å². The minimum atomic E-state index is -0.116. The van der Waals surface area contributed by atoms with Crippen molar-refractivity contribution in [1.29, 1.82) is 0 Å². The van der Waals surface area contributed by atoms with Gasteiger partial charge in [-0.3, -0.25) is 4.79 Å². The number of amides is 1. The molecule has 2 N–H and O–H groups in total. The van der Waals surface area contributed by atoms with Gasteiger partial charge in [-0.25, -0.2) is 0 Å². The summed E-state index contributed by atoms with van der Waals surface area (Å²) >= 11 is 0. The molecular formula is C13H19NO3. The first kappa shape index (κ1) is 13.7. The molecule has 0 aliphatic carbocycles. The molecular weight excluding hydrogens is 218 g/mol. The number of methoxy groups -OCH3 is 1. The van der Waals surface area contributed by atoms with Gasteiger partial charge in [-0.05, 0) is 31.0 Å². The maximum atomic E-state index is 11.8. The van der Waals surface area contributed by atoms with Crippen LogP contribution in [0, 0.1) is 0 Å². The lowest BCUT2D eigenvalue weighted by molar-refractivity contribution is 0.0934. The van der Waals surface area contributed by atoms with E-state index in [1.54, 1.807) is 19.2 Å². The van der Waals surface area contributed by atoms with Gasteiger partial charge >= 0.3 is 0 Å². The summed E-state index contributed by atoms with van der Waals surface area (Å²) in [5.74, 6) is -0.116. The van der Waals surface area contributed by atoms with Crippen LogP contribution in [-0.2, 0) is 11.3 Å². The summed E-state index contributed by atoms with van der Waals surface area (Å²) in [6, 6.07) is 7.26. The van der Waals surface area contributed by atoms with E-state index < -0.39 is 0 Å². The van der Waals surface area contributed by atoms with Crippen molar-refractivity contribution in [2.45, 2.75) is 26.0 Å². The zero-order chi connectivity index (χ0) is 12.7. The van der Waals surface area contributed by atoms with Gasteiger partial charge in [-0.15, -0.1) is 0 Å². The first-order chi connectivity index (χ1) is 8.17. The van der Waals surface area contributed by atoms with Gasteiger partial charge in [0, 0.05) is 25.3 Å². The molecule has 1 aromatic rings. The van der Waals surface area contributed by atoms with Gasteiger partial charge in [-0.2, -0.15) is 0 Å². The number of benzene rings is 1. The lowest BCUT2D eigenvalue weighted by atomic mass is 10.1. The highest BCUT2D eigenvalue weighted by molar-refractivity contribution is 5.94. The molecule has 4 heteroatoms. The molecule has 0 aromatic heterocycles. The standard InChI is InChI=1S/C13H19NO3/c1-10(7-8-15)14-13(16)12-5-3-11(4-6-12)9-17-2/h3-6,10,15H,7-9H2,1-2H3,(H,14,16). The molecule has 0 saturated carbocycles. The molecule has 0 bridgehead atoms. The average molecular weight is 237 g/mol. The van der Waals surface area contributed by atoms with Gasteiger partial charge in [0.2, 0.25) is 0 Å². The van der Waals surface area contributed by atoms with Crippen molar-refractivity contribution in [2.75, 3.05) is 13.7 Å². The number of hydrogen-bond donors (Lipinski definition) is 2. The summed E-state index contributed by atoms with van der Waals surface area (Å²) in [7, 11) is 1.64. The van der Waals surface area contributed by atoms with E-state index in [0.717, 1.165) is 5.56 Å². The van der Waals surface area contributed by atoms with Crippen LogP contribution in [0.5, 0.6) is 0 Å². The summed E-state index contributed by atoms with van der Waals surface area (Å²) in [5.41, 5.74) is 1.65. The molecule has 1 amide bonds. The Morgan fingerprint density at radius 2 is 2.06 bits per heavy atom. The maximum absolute atomic E-state index is 11.8. The van der Waals surface area contributed by atoms with Gasteiger partial charge in [0.1, 0.15) is 0 Å². The van der Waals surface area contributed by atoms with E-state index in [4.69, 9.17) is 9.84 Å². The zero-order valence-corrected chi connectivity index (χ0v) is 10.3. The molecule has 0 radical (unpaired) electrons. The molecule has 1 rings (SSSR count). The van der Waals surface area contributed by atoms with E-state index >= 15 is 0 Å². The topological polar surface area (TPSA) is 58.6 Å². The van der Waals surface area contributed by atoms with E-state index in [1.165, 1.54) is 0 Å². The Morgan fingerprint density at radius 1 is 1.41 bits per heavy atom. The minimum Gasteiger partial charge on any atom is -0.396 e. The van der Waals surface area contributed by atoms with Gasteiger partial charge in [0.15, 0.2) is 0 Å². The van der Waals surface area contributed by atoms with Crippen LogP contribution in [0.15, 0.2) is 24.3 Å². The maximum Gasteiger partial charge on any atom is 0.251 e.